The molecule has 1 aromatic carbocycles. The number of amides is 2. The maximum Gasteiger partial charge on any atom is 0.228 e. The summed E-state index contributed by atoms with van der Waals surface area (Å²) in [5, 5.41) is 2.86. The lowest BCUT2D eigenvalue weighted by atomic mass is 9.81. The first-order chi connectivity index (χ1) is 13.8. The lowest BCUT2D eigenvalue weighted by Crippen LogP contribution is -2.50. The van der Waals surface area contributed by atoms with E-state index in [0.29, 0.717) is 25.9 Å². The summed E-state index contributed by atoms with van der Waals surface area (Å²) in [6.45, 7) is 3.10. The summed E-state index contributed by atoms with van der Waals surface area (Å²) in [5.74, 6) is -1.69. The van der Waals surface area contributed by atoms with Gasteiger partial charge in [0.25, 0.3) is 0 Å². The van der Waals surface area contributed by atoms with E-state index < -0.39 is 17.2 Å². The van der Waals surface area contributed by atoms with Gasteiger partial charge in [-0.05, 0) is 61.1 Å². The lowest BCUT2D eigenvalue weighted by molar-refractivity contribution is -0.134. The van der Waals surface area contributed by atoms with Gasteiger partial charge < -0.3 is 10.2 Å². The number of piperidine rings is 1. The van der Waals surface area contributed by atoms with Crippen molar-refractivity contribution in [2.75, 3.05) is 13.1 Å². The van der Waals surface area contributed by atoms with Crippen molar-refractivity contribution in [3.8, 4) is 0 Å². The standard InChI is InChI=1S/C22H26F2N2O3/c1-13-12-26(9-7-16(13)14-2-5-17(23)18(24)10-14)21(29)6-8-22(15-3-4-15)19(27)11-20(28)25-22/h2,5,10,13,15-16H,3-4,6-9,11-12H2,1H3,(H,25,28)/t13-,16-,22-/m0/s1. The molecular weight excluding hydrogens is 378 g/mol. The monoisotopic (exact) mass is 404 g/mol. The van der Waals surface area contributed by atoms with E-state index in [1.165, 1.54) is 6.07 Å². The van der Waals surface area contributed by atoms with Gasteiger partial charge in [0.15, 0.2) is 17.4 Å². The lowest BCUT2D eigenvalue weighted by Gasteiger charge is -2.38. The van der Waals surface area contributed by atoms with Gasteiger partial charge in [-0.25, -0.2) is 8.78 Å². The Morgan fingerprint density at radius 2 is 1.97 bits per heavy atom. The van der Waals surface area contributed by atoms with E-state index in [9.17, 15) is 23.2 Å². The number of benzene rings is 1. The van der Waals surface area contributed by atoms with Crippen LogP contribution in [0.1, 0.15) is 56.9 Å². The predicted molar refractivity (Wildman–Crippen MR) is 102 cm³/mol. The number of carbonyl (C=O) groups excluding carboxylic acids is 3. The van der Waals surface area contributed by atoms with Gasteiger partial charge in [-0.3, -0.25) is 14.4 Å². The van der Waals surface area contributed by atoms with Gasteiger partial charge >= 0.3 is 0 Å². The number of carbonyl (C=O) groups is 3. The number of halogens is 2. The van der Waals surface area contributed by atoms with Crippen LogP contribution in [0.25, 0.3) is 0 Å². The second-order valence-electron chi connectivity index (χ2n) is 8.78. The van der Waals surface area contributed by atoms with Crippen LogP contribution in [0, 0.1) is 23.5 Å². The Hall–Kier alpha value is -2.31. The Morgan fingerprint density at radius 3 is 2.55 bits per heavy atom. The maximum atomic E-state index is 13.6. The van der Waals surface area contributed by atoms with Crippen molar-refractivity contribution >= 4 is 17.6 Å². The Morgan fingerprint density at radius 1 is 1.21 bits per heavy atom. The fourth-order valence-corrected chi connectivity index (χ4v) is 5.05. The molecule has 0 unspecified atom stereocenters. The Kier molecular flexibility index (Phi) is 5.17. The zero-order valence-electron chi connectivity index (χ0n) is 16.5. The molecule has 29 heavy (non-hydrogen) atoms. The third-order valence-corrected chi connectivity index (χ3v) is 6.82. The van der Waals surface area contributed by atoms with E-state index in [4.69, 9.17) is 0 Å². The summed E-state index contributed by atoms with van der Waals surface area (Å²) in [4.78, 5) is 38.7. The van der Waals surface area contributed by atoms with Gasteiger partial charge in [0.1, 0.15) is 5.54 Å². The van der Waals surface area contributed by atoms with E-state index in [0.717, 1.165) is 24.5 Å². The number of nitrogens with zero attached hydrogens (tertiary/aromatic N) is 1. The van der Waals surface area contributed by atoms with Gasteiger partial charge in [-0.2, -0.15) is 0 Å². The molecule has 3 fully saturated rings. The molecule has 156 valence electrons. The Balaban J connectivity index is 1.36. The first-order valence-electron chi connectivity index (χ1n) is 10.4. The largest absolute Gasteiger partial charge is 0.343 e. The van der Waals surface area contributed by atoms with Crippen LogP contribution in [0.15, 0.2) is 18.2 Å². The molecule has 0 aromatic heterocycles. The van der Waals surface area contributed by atoms with Gasteiger partial charge in [-0.1, -0.05) is 13.0 Å². The van der Waals surface area contributed by atoms with E-state index in [1.54, 1.807) is 11.0 Å². The van der Waals surface area contributed by atoms with Crippen LogP contribution >= 0.6 is 0 Å². The summed E-state index contributed by atoms with van der Waals surface area (Å²) in [6.07, 6.45) is 3.01. The molecular formula is C22H26F2N2O3. The molecule has 5 nitrogen and oxygen atoms in total. The number of hydrogen-bond acceptors (Lipinski definition) is 3. The quantitative estimate of drug-likeness (QED) is 0.768. The third kappa shape index (κ3) is 3.79. The summed E-state index contributed by atoms with van der Waals surface area (Å²) in [7, 11) is 0. The average Bonchev–Trinajstić information content (AvgIpc) is 3.48. The molecule has 3 atom stereocenters. The van der Waals surface area contributed by atoms with Gasteiger partial charge in [-0.15, -0.1) is 0 Å². The summed E-state index contributed by atoms with van der Waals surface area (Å²) < 4.78 is 26.8. The van der Waals surface area contributed by atoms with E-state index >= 15 is 0 Å². The predicted octanol–water partition coefficient (Wildman–Crippen LogP) is 2.93. The van der Waals surface area contributed by atoms with Crippen molar-refractivity contribution in [1.82, 2.24) is 10.2 Å². The molecule has 0 spiro atoms. The van der Waals surface area contributed by atoms with Crippen molar-refractivity contribution in [2.45, 2.75) is 56.9 Å². The van der Waals surface area contributed by atoms with Crippen LogP contribution in [-0.4, -0.2) is 41.1 Å². The third-order valence-electron chi connectivity index (χ3n) is 6.82. The second kappa shape index (κ2) is 7.50. The number of hydrogen-bond donors (Lipinski definition) is 1. The number of nitrogens with one attached hydrogen (secondary N) is 1. The first kappa shape index (κ1) is 20.0. The zero-order chi connectivity index (χ0) is 20.8. The Bertz CT molecular complexity index is 854. The molecule has 2 amide bonds. The minimum atomic E-state index is -0.854. The Labute approximate surface area is 168 Å². The number of rotatable bonds is 5. The molecule has 1 saturated carbocycles. The number of Topliss-reactive ketones (excluding diaryl/α,β-unsaturated/α-hetero) is 1. The molecule has 2 aliphatic heterocycles. The minimum absolute atomic E-state index is 0.0189. The molecule has 0 radical (unpaired) electrons. The topological polar surface area (TPSA) is 66.5 Å². The van der Waals surface area contributed by atoms with Gasteiger partial charge in [0.05, 0.1) is 6.42 Å². The van der Waals surface area contributed by atoms with Crippen LogP contribution in [0.2, 0.25) is 0 Å². The van der Waals surface area contributed by atoms with Crippen molar-refractivity contribution in [3.63, 3.8) is 0 Å². The summed E-state index contributed by atoms with van der Waals surface area (Å²) in [5.41, 5.74) is -0.0852. The normalized spacial score (nSPS) is 29.8. The highest BCUT2D eigenvalue weighted by Crippen LogP contribution is 2.45. The van der Waals surface area contributed by atoms with Crippen LogP contribution in [0.4, 0.5) is 8.78 Å². The van der Waals surface area contributed by atoms with Crippen LogP contribution < -0.4 is 5.32 Å². The first-order valence-corrected chi connectivity index (χ1v) is 10.4. The molecule has 3 aliphatic rings. The molecule has 2 saturated heterocycles. The highest BCUT2D eigenvalue weighted by atomic mass is 19.2. The van der Waals surface area contributed by atoms with Crippen LogP contribution in [0.3, 0.4) is 0 Å². The van der Waals surface area contributed by atoms with Crippen molar-refractivity contribution in [1.29, 1.82) is 0 Å². The molecule has 2 heterocycles. The molecule has 1 N–H and O–H groups in total. The van der Waals surface area contributed by atoms with E-state index in [1.807, 2.05) is 6.92 Å². The molecule has 1 aromatic rings. The van der Waals surface area contributed by atoms with Crippen LogP contribution in [0.5, 0.6) is 0 Å². The smallest absolute Gasteiger partial charge is 0.228 e. The van der Waals surface area contributed by atoms with E-state index in [-0.39, 0.29) is 48.2 Å². The second-order valence-corrected chi connectivity index (χ2v) is 8.78. The number of likely N-dealkylation sites (tertiary alicyclic amines) is 1. The van der Waals surface area contributed by atoms with Gasteiger partial charge in [0, 0.05) is 19.5 Å². The number of ketones is 1. The summed E-state index contributed by atoms with van der Waals surface area (Å²) in [6, 6.07) is 4.02. The fraction of sp³-hybridized carbons (Fsp3) is 0.591. The van der Waals surface area contributed by atoms with Gasteiger partial charge in [0.2, 0.25) is 11.8 Å². The van der Waals surface area contributed by atoms with Crippen molar-refractivity contribution < 1.29 is 23.2 Å². The van der Waals surface area contributed by atoms with Crippen LogP contribution in [-0.2, 0) is 14.4 Å². The zero-order valence-corrected chi connectivity index (χ0v) is 16.5. The SMILES string of the molecule is C[C@H]1CN(C(=O)CC[C@@]2(C3CC3)NC(=O)CC2=O)CC[C@@H]1c1ccc(F)c(F)c1. The molecule has 0 bridgehead atoms. The highest BCUT2D eigenvalue weighted by molar-refractivity contribution is 6.10. The minimum Gasteiger partial charge on any atom is -0.343 e. The van der Waals surface area contributed by atoms with E-state index in [2.05, 4.69) is 5.32 Å². The maximum absolute atomic E-state index is 13.6. The molecule has 1 aliphatic carbocycles. The fourth-order valence-electron chi connectivity index (χ4n) is 5.05. The average molecular weight is 404 g/mol. The van der Waals surface area contributed by atoms with Crippen molar-refractivity contribution in [2.24, 2.45) is 11.8 Å². The summed E-state index contributed by atoms with van der Waals surface area (Å²) >= 11 is 0. The highest BCUT2D eigenvalue weighted by Gasteiger charge is 2.55. The van der Waals surface area contributed by atoms with Crippen molar-refractivity contribution in [3.05, 3.63) is 35.4 Å². The molecule has 4 rings (SSSR count). The molecule has 7 heteroatoms.